The van der Waals surface area contributed by atoms with Crippen molar-refractivity contribution in [3.05, 3.63) is 43.4 Å². The van der Waals surface area contributed by atoms with Crippen LogP contribution in [-0.2, 0) is 10.9 Å². The fraction of sp³-hybridized carbons (Fsp3) is 0.645. The summed E-state index contributed by atoms with van der Waals surface area (Å²) in [6, 6.07) is 3.15. The summed E-state index contributed by atoms with van der Waals surface area (Å²) in [4.78, 5) is 34.5. The Bertz CT molecular complexity index is 1500. The van der Waals surface area contributed by atoms with Crippen LogP contribution >= 0.6 is 22.7 Å². The lowest BCUT2D eigenvalue weighted by Crippen LogP contribution is -2.58. The highest BCUT2D eigenvalue weighted by Gasteiger charge is 2.42. The third-order valence-electron chi connectivity index (χ3n) is 8.88. The molecule has 4 N–H and O–H groups in total. The molecule has 4 heterocycles. The van der Waals surface area contributed by atoms with Gasteiger partial charge in [0.25, 0.3) is 5.91 Å². The number of aliphatic hydroxyl groups is 1. The zero-order valence-corrected chi connectivity index (χ0v) is 27.4. The number of ether oxygens (including phenoxy) is 1. The van der Waals surface area contributed by atoms with Crippen molar-refractivity contribution in [3.63, 3.8) is 0 Å². The SMILES string of the molecule is O=C(c1csc(C(F)(F)F)n1)N1CCOC2(CCN(CCCCCCCCCNCC(O)c3ccc(O)c4[nH]c(=O)sc34)CC2)C1. The zero-order valence-electron chi connectivity index (χ0n) is 25.7. The summed E-state index contributed by atoms with van der Waals surface area (Å²) in [5.41, 5.74) is 0.416. The van der Waals surface area contributed by atoms with E-state index in [-0.39, 0.29) is 16.3 Å². The average molecular weight is 686 g/mol. The second-order valence-electron chi connectivity index (χ2n) is 12.2. The maximum Gasteiger partial charge on any atom is 0.443 e. The number of aromatic hydroxyl groups is 1. The maximum absolute atomic E-state index is 12.9. The predicted octanol–water partition coefficient (Wildman–Crippen LogP) is 5.13. The number of carbonyl (C=O) groups is 1. The molecule has 1 spiro atoms. The summed E-state index contributed by atoms with van der Waals surface area (Å²) in [5, 5.41) is 24.0. The Kier molecular flexibility index (Phi) is 11.8. The molecule has 46 heavy (non-hydrogen) atoms. The first-order valence-corrected chi connectivity index (χ1v) is 17.7. The highest BCUT2D eigenvalue weighted by molar-refractivity contribution is 7.16. The second kappa shape index (κ2) is 15.6. The first kappa shape index (κ1) is 34.8. The van der Waals surface area contributed by atoms with Gasteiger partial charge in [0.05, 0.1) is 29.6 Å². The predicted molar refractivity (Wildman–Crippen MR) is 172 cm³/mol. The van der Waals surface area contributed by atoms with E-state index in [1.54, 1.807) is 11.0 Å². The van der Waals surface area contributed by atoms with E-state index in [2.05, 4.69) is 20.2 Å². The Morgan fingerprint density at radius 2 is 1.83 bits per heavy atom. The number of unbranched alkanes of at least 4 members (excludes halogenated alkanes) is 6. The van der Waals surface area contributed by atoms with Gasteiger partial charge in [-0.05, 0) is 44.8 Å². The Hall–Kier alpha value is -2.56. The lowest BCUT2D eigenvalue weighted by molar-refractivity contribution is -0.137. The molecule has 10 nitrogen and oxygen atoms in total. The highest BCUT2D eigenvalue weighted by atomic mass is 32.1. The summed E-state index contributed by atoms with van der Waals surface area (Å²) in [6.45, 7) is 5.07. The standard InChI is InChI=1S/C31H42F3N5O5S2/c32-31(33,34)28-36-22(19-45-28)27(42)39-16-17-44-30(20-39)10-14-38(15-11-30)13-7-5-3-1-2-4-6-12-35-18-24(41)21-8-9-23(40)25-26(21)46-29(43)37-25/h8-9,19,24,35,40-41H,1-7,10-18,20H2,(H,37,43). The number of hydrogen-bond acceptors (Lipinski definition) is 10. The summed E-state index contributed by atoms with van der Waals surface area (Å²) in [5.74, 6) is -0.460. The molecular weight excluding hydrogens is 643 g/mol. The number of piperidine rings is 1. The number of phenolic OH excluding ortho intramolecular Hbond substituents is 1. The van der Waals surface area contributed by atoms with Crippen LogP contribution in [0, 0.1) is 0 Å². The van der Waals surface area contributed by atoms with Gasteiger partial charge in [0.15, 0.2) is 5.01 Å². The number of aromatic amines is 1. The lowest BCUT2D eigenvalue weighted by Gasteiger charge is -2.47. The number of H-pyrrole nitrogens is 1. The third-order valence-corrected chi connectivity index (χ3v) is 10.7. The largest absolute Gasteiger partial charge is 0.506 e. The molecule has 1 unspecified atom stereocenters. The fourth-order valence-corrected chi connectivity index (χ4v) is 7.87. The molecule has 254 valence electrons. The molecule has 5 rings (SSSR count). The highest BCUT2D eigenvalue weighted by Crippen LogP contribution is 2.34. The lowest BCUT2D eigenvalue weighted by atomic mass is 9.89. The van der Waals surface area contributed by atoms with Crippen LogP contribution in [0.25, 0.3) is 10.2 Å². The summed E-state index contributed by atoms with van der Waals surface area (Å²) in [6.07, 6.45) is 4.25. The number of thiazole rings is 2. The van der Waals surface area contributed by atoms with Crippen molar-refractivity contribution in [2.75, 3.05) is 52.4 Å². The molecule has 0 bridgehead atoms. The number of nitrogens with one attached hydrogen (secondary N) is 2. The number of amides is 1. The van der Waals surface area contributed by atoms with Crippen LogP contribution in [0.1, 0.15) is 85.0 Å². The van der Waals surface area contributed by atoms with Crippen LogP contribution < -0.4 is 10.2 Å². The average Bonchev–Trinajstić information content (AvgIpc) is 3.69. The number of alkyl halides is 3. The van der Waals surface area contributed by atoms with E-state index < -0.39 is 28.8 Å². The monoisotopic (exact) mass is 685 g/mol. The number of carbonyl (C=O) groups excluding carboxylic acids is 1. The van der Waals surface area contributed by atoms with Crippen molar-refractivity contribution in [2.45, 2.75) is 75.7 Å². The van der Waals surface area contributed by atoms with Gasteiger partial charge in [0, 0.05) is 37.1 Å². The van der Waals surface area contributed by atoms with E-state index in [1.807, 2.05) is 0 Å². The van der Waals surface area contributed by atoms with Crippen molar-refractivity contribution in [3.8, 4) is 5.75 Å². The first-order valence-electron chi connectivity index (χ1n) is 16.0. The van der Waals surface area contributed by atoms with Gasteiger partial charge >= 0.3 is 11.0 Å². The third kappa shape index (κ3) is 8.86. The van der Waals surface area contributed by atoms with Crippen LogP contribution in [0.4, 0.5) is 13.2 Å². The van der Waals surface area contributed by atoms with Crippen LogP contribution in [0.3, 0.4) is 0 Å². The number of halogens is 3. The Balaban J connectivity index is 0.897. The van der Waals surface area contributed by atoms with Gasteiger partial charge < -0.3 is 35.1 Å². The molecule has 0 saturated carbocycles. The van der Waals surface area contributed by atoms with Gasteiger partial charge in [-0.25, -0.2) is 4.98 Å². The van der Waals surface area contributed by atoms with E-state index in [9.17, 15) is 33.0 Å². The number of aliphatic hydroxyl groups excluding tert-OH is 1. The Morgan fingerprint density at radius 1 is 1.11 bits per heavy atom. The van der Waals surface area contributed by atoms with E-state index in [1.165, 1.54) is 30.7 Å². The number of fused-ring (bicyclic) bond motifs is 1. The molecule has 3 aromatic rings. The zero-order chi connectivity index (χ0) is 32.7. The van der Waals surface area contributed by atoms with Crippen molar-refractivity contribution in [1.29, 1.82) is 0 Å². The molecule has 0 aliphatic carbocycles. The van der Waals surface area contributed by atoms with Gasteiger partial charge in [0.2, 0.25) is 0 Å². The summed E-state index contributed by atoms with van der Waals surface area (Å²) < 4.78 is 45.5. The van der Waals surface area contributed by atoms with Gasteiger partial charge in [-0.1, -0.05) is 49.5 Å². The van der Waals surface area contributed by atoms with Crippen molar-refractivity contribution < 1.29 is 32.9 Å². The molecule has 2 aliphatic heterocycles. The maximum atomic E-state index is 12.9. The minimum absolute atomic E-state index is 0.00149. The molecule has 1 amide bonds. The van der Waals surface area contributed by atoms with Gasteiger partial charge in [0.1, 0.15) is 17.0 Å². The second-order valence-corrected chi connectivity index (χ2v) is 14.1. The Labute approximate surface area is 273 Å². The van der Waals surface area contributed by atoms with Gasteiger partial charge in [-0.3, -0.25) is 9.59 Å². The van der Waals surface area contributed by atoms with E-state index in [0.29, 0.717) is 53.4 Å². The molecule has 2 fully saturated rings. The molecular formula is C31H42F3N5O5S2. The van der Waals surface area contributed by atoms with Crippen molar-refractivity contribution >= 4 is 38.8 Å². The van der Waals surface area contributed by atoms with Gasteiger partial charge in [-0.2, -0.15) is 13.2 Å². The quantitative estimate of drug-likeness (QED) is 0.172. The number of likely N-dealkylation sites (tertiary alicyclic amines) is 1. The number of hydrogen-bond donors (Lipinski definition) is 4. The number of aromatic nitrogens is 2. The number of rotatable bonds is 14. The smallest absolute Gasteiger partial charge is 0.443 e. The molecule has 1 aromatic carbocycles. The molecule has 0 radical (unpaired) electrons. The Morgan fingerprint density at radius 3 is 2.54 bits per heavy atom. The van der Waals surface area contributed by atoms with Crippen LogP contribution in [0.2, 0.25) is 0 Å². The summed E-state index contributed by atoms with van der Waals surface area (Å²) in [7, 11) is 0. The van der Waals surface area contributed by atoms with Crippen LogP contribution in [0.5, 0.6) is 5.75 Å². The van der Waals surface area contributed by atoms with Crippen molar-refractivity contribution in [2.24, 2.45) is 0 Å². The fourth-order valence-electron chi connectivity index (χ4n) is 6.29. The summed E-state index contributed by atoms with van der Waals surface area (Å²) >= 11 is 1.44. The normalized spacial score (nSPS) is 18.0. The minimum atomic E-state index is -4.55. The van der Waals surface area contributed by atoms with Gasteiger partial charge in [-0.15, -0.1) is 11.3 Å². The van der Waals surface area contributed by atoms with E-state index in [4.69, 9.17) is 4.74 Å². The topological polar surface area (TPSA) is 131 Å². The number of morpholine rings is 1. The molecule has 2 aliphatic rings. The number of nitrogens with zero attached hydrogens (tertiary/aromatic N) is 3. The molecule has 1 atom stereocenters. The van der Waals surface area contributed by atoms with E-state index >= 15 is 0 Å². The van der Waals surface area contributed by atoms with Crippen molar-refractivity contribution in [1.82, 2.24) is 25.1 Å². The molecule has 2 saturated heterocycles. The number of benzene rings is 1. The van der Waals surface area contributed by atoms with Crippen LogP contribution in [0.15, 0.2) is 22.3 Å². The number of phenols is 1. The van der Waals surface area contributed by atoms with E-state index in [0.717, 1.165) is 76.0 Å². The minimum Gasteiger partial charge on any atom is -0.506 e. The first-order chi connectivity index (χ1) is 22.0. The molecule has 2 aromatic heterocycles. The van der Waals surface area contributed by atoms with Crippen LogP contribution in [-0.4, -0.2) is 93.9 Å². The molecule has 15 heteroatoms.